The minimum absolute atomic E-state index is 0.0515. The molecule has 2 aromatic carbocycles. The van der Waals surface area contributed by atoms with Gasteiger partial charge in [0.2, 0.25) is 6.29 Å². The molecule has 0 fully saturated rings. The summed E-state index contributed by atoms with van der Waals surface area (Å²) in [5.74, 6) is -1.16. The molecule has 0 heterocycles. The molecule has 2 aromatic rings. The van der Waals surface area contributed by atoms with Crippen molar-refractivity contribution in [3.8, 4) is 11.1 Å². The zero-order valence-corrected chi connectivity index (χ0v) is 13.8. The highest BCUT2D eigenvalue weighted by molar-refractivity contribution is 5.98. The van der Waals surface area contributed by atoms with Crippen molar-refractivity contribution in [1.82, 2.24) is 0 Å². The lowest BCUT2D eigenvalue weighted by Gasteiger charge is -2.25. The Balaban J connectivity index is 1.86. The lowest BCUT2D eigenvalue weighted by Crippen LogP contribution is -2.55. The van der Waals surface area contributed by atoms with Gasteiger partial charge in [-0.05, 0) is 28.2 Å². The van der Waals surface area contributed by atoms with Crippen molar-refractivity contribution < 1.29 is 14.3 Å². The first-order valence-electron chi connectivity index (χ1n) is 8.02. The molecular weight excluding hydrogens is 302 g/mol. The van der Waals surface area contributed by atoms with Crippen LogP contribution in [-0.4, -0.2) is 24.4 Å². The van der Waals surface area contributed by atoms with Gasteiger partial charge in [-0.15, -0.1) is 0 Å². The number of esters is 1. The molecular formula is C20H20NO3. The predicted octanol–water partition coefficient (Wildman–Crippen LogP) is 2.81. The molecule has 0 spiro atoms. The van der Waals surface area contributed by atoms with Crippen LogP contribution in [0.4, 0.5) is 0 Å². The van der Waals surface area contributed by atoms with Crippen molar-refractivity contribution in [2.45, 2.75) is 25.3 Å². The Morgan fingerprint density at radius 1 is 1.12 bits per heavy atom. The number of rotatable bonds is 5. The smallest absolute Gasteiger partial charge is 0.334 e. The molecule has 0 aliphatic heterocycles. The highest BCUT2D eigenvalue weighted by Crippen LogP contribution is 2.44. The van der Waals surface area contributed by atoms with Gasteiger partial charge in [0.1, 0.15) is 6.61 Å². The average Bonchev–Trinajstić information content (AvgIpc) is 2.92. The Morgan fingerprint density at radius 3 is 2.08 bits per heavy atom. The zero-order chi connectivity index (χ0) is 17.3. The summed E-state index contributed by atoms with van der Waals surface area (Å²) in [6, 6.07) is 16.1. The Kier molecular flexibility index (Phi) is 4.24. The van der Waals surface area contributed by atoms with Gasteiger partial charge < -0.3 is 10.5 Å². The molecule has 1 radical (unpaired) electrons. The van der Waals surface area contributed by atoms with Gasteiger partial charge in [0.05, 0.1) is 0 Å². The summed E-state index contributed by atoms with van der Waals surface area (Å²) < 4.78 is 5.43. The minimum Gasteiger partial charge on any atom is -0.463 e. The number of hydrogen-bond donors (Lipinski definition) is 1. The van der Waals surface area contributed by atoms with Crippen molar-refractivity contribution >= 4 is 12.3 Å². The maximum atomic E-state index is 12.3. The van der Waals surface area contributed by atoms with Gasteiger partial charge in [0.25, 0.3) is 0 Å². The Hall–Kier alpha value is -2.46. The van der Waals surface area contributed by atoms with Crippen molar-refractivity contribution in [2.75, 3.05) is 6.61 Å². The number of hydrogen-bond acceptors (Lipinski definition) is 4. The van der Waals surface area contributed by atoms with E-state index in [0.717, 1.165) is 22.3 Å². The Bertz CT molecular complexity index is 738. The molecule has 4 nitrogen and oxygen atoms in total. The second kappa shape index (κ2) is 6.21. The third-order valence-electron chi connectivity index (χ3n) is 4.76. The summed E-state index contributed by atoms with van der Waals surface area (Å²) in [7, 11) is 0. The topological polar surface area (TPSA) is 69.4 Å². The molecule has 0 unspecified atom stereocenters. The average molecular weight is 322 g/mol. The van der Waals surface area contributed by atoms with Crippen LogP contribution in [0.2, 0.25) is 0 Å². The van der Waals surface area contributed by atoms with E-state index in [1.54, 1.807) is 20.1 Å². The number of ether oxygens (including phenoxy) is 1. The predicted molar refractivity (Wildman–Crippen MR) is 92.1 cm³/mol. The van der Waals surface area contributed by atoms with Gasteiger partial charge in [0, 0.05) is 5.92 Å². The van der Waals surface area contributed by atoms with E-state index in [-0.39, 0.29) is 18.4 Å². The third kappa shape index (κ3) is 2.53. The van der Waals surface area contributed by atoms with E-state index < -0.39 is 11.5 Å². The Labute approximate surface area is 141 Å². The zero-order valence-electron chi connectivity index (χ0n) is 13.8. The van der Waals surface area contributed by atoms with Crippen LogP contribution in [0, 0.1) is 5.92 Å². The summed E-state index contributed by atoms with van der Waals surface area (Å²) in [4.78, 5) is 23.5. The second-order valence-corrected chi connectivity index (χ2v) is 6.45. The van der Waals surface area contributed by atoms with Gasteiger partial charge in [-0.3, -0.25) is 4.79 Å². The molecule has 1 aliphatic rings. The number of benzene rings is 2. The lowest BCUT2D eigenvalue weighted by molar-refractivity contribution is -0.149. The number of carbonyl (C=O) groups is 1. The number of carbonyl (C=O) groups excluding carboxylic acids is 2. The summed E-state index contributed by atoms with van der Waals surface area (Å²) in [6.45, 7) is 3.55. The summed E-state index contributed by atoms with van der Waals surface area (Å²) in [5.41, 5.74) is 8.68. The van der Waals surface area contributed by atoms with Crippen molar-refractivity contribution in [3.63, 3.8) is 0 Å². The quantitative estimate of drug-likeness (QED) is 0.679. The Morgan fingerprint density at radius 2 is 1.62 bits per heavy atom. The van der Waals surface area contributed by atoms with E-state index in [1.807, 2.05) is 36.4 Å². The molecule has 0 bridgehead atoms. The van der Waals surface area contributed by atoms with Crippen LogP contribution in [0.5, 0.6) is 0 Å². The molecule has 1 atom stereocenters. The SMILES string of the molecule is CC(C)[C@](N)([C]=O)C(=O)OCC1c2ccccc2-c2ccccc21. The molecule has 0 saturated carbocycles. The molecule has 0 amide bonds. The van der Waals surface area contributed by atoms with Crippen molar-refractivity contribution in [2.24, 2.45) is 11.7 Å². The van der Waals surface area contributed by atoms with Crippen LogP contribution in [-0.2, 0) is 14.3 Å². The first kappa shape index (κ1) is 16.4. The summed E-state index contributed by atoms with van der Waals surface area (Å²) in [6.07, 6.45) is 1.64. The maximum absolute atomic E-state index is 12.3. The van der Waals surface area contributed by atoms with Crippen LogP contribution in [0.1, 0.15) is 30.9 Å². The van der Waals surface area contributed by atoms with Crippen molar-refractivity contribution in [3.05, 3.63) is 59.7 Å². The number of nitrogens with two attached hydrogens (primary N) is 1. The maximum Gasteiger partial charge on any atom is 0.334 e. The van der Waals surface area contributed by atoms with E-state index in [4.69, 9.17) is 10.5 Å². The molecule has 1 aliphatic carbocycles. The van der Waals surface area contributed by atoms with Crippen LogP contribution in [0.25, 0.3) is 11.1 Å². The van der Waals surface area contributed by atoms with Crippen LogP contribution < -0.4 is 5.73 Å². The molecule has 0 saturated heterocycles. The van der Waals surface area contributed by atoms with Crippen LogP contribution >= 0.6 is 0 Å². The summed E-state index contributed by atoms with van der Waals surface area (Å²) >= 11 is 0. The second-order valence-electron chi connectivity index (χ2n) is 6.45. The molecule has 3 rings (SSSR count). The fourth-order valence-electron chi connectivity index (χ4n) is 3.11. The lowest BCUT2D eigenvalue weighted by atomic mass is 9.89. The first-order valence-corrected chi connectivity index (χ1v) is 8.02. The summed E-state index contributed by atoms with van der Waals surface area (Å²) in [5, 5.41) is 0. The highest BCUT2D eigenvalue weighted by Gasteiger charge is 2.41. The highest BCUT2D eigenvalue weighted by atomic mass is 16.5. The van der Waals surface area contributed by atoms with Crippen LogP contribution in [0.3, 0.4) is 0 Å². The molecule has 4 heteroatoms. The minimum atomic E-state index is -1.72. The standard InChI is InChI=1S/C20H20NO3/c1-13(2)20(21,12-22)19(23)24-11-18-16-9-5-3-7-14(16)15-8-4-6-10-17(15)18/h3-10,13,18H,11,21H2,1-2H3/t20-/m1/s1. The molecule has 2 N–H and O–H groups in total. The first-order chi connectivity index (χ1) is 11.5. The third-order valence-corrected chi connectivity index (χ3v) is 4.76. The number of fused-ring (bicyclic) bond motifs is 3. The van der Waals surface area contributed by atoms with Gasteiger partial charge in [0.15, 0.2) is 5.54 Å². The molecule has 0 aromatic heterocycles. The molecule has 24 heavy (non-hydrogen) atoms. The van der Waals surface area contributed by atoms with Crippen molar-refractivity contribution in [1.29, 1.82) is 0 Å². The van der Waals surface area contributed by atoms with Crippen LogP contribution in [0.15, 0.2) is 48.5 Å². The van der Waals surface area contributed by atoms with Gasteiger partial charge in [-0.1, -0.05) is 62.4 Å². The van der Waals surface area contributed by atoms with Gasteiger partial charge in [-0.2, -0.15) is 0 Å². The van der Waals surface area contributed by atoms with E-state index >= 15 is 0 Å². The van der Waals surface area contributed by atoms with E-state index in [0.29, 0.717) is 0 Å². The molecule has 123 valence electrons. The van der Waals surface area contributed by atoms with Gasteiger partial charge in [-0.25, -0.2) is 4.79 Å². The van der Waals surface area contributed by atoms with Gasteiger partial charge >= 0.3 is 5.97 Å². The fraction of sp³-hybridized carbons (Fsp3) is 0.300. The van der Waals surface area contributed by atoms with E-state index in [9.17, 15) is 9.59 Å². The van der Waals surface area contributed by atoms with E-state index in [1.165, 1.54) is 0 Å². The largest absolute Gasteiger partial charge is 0.463 e. The normalized spacial score (nSPS) is 15.5. The van der Waals surface area contributed by atoms with E-state index in [2.05, 4.69) is 12.1 Å². The monoisotopic (exact) mass is 322 g/mol. The fourth-order valence-corrected chi connectivity index (χ4v) is 3.11.